The van der Waals surface area contributed by atoms with Crippen molar-refractivity contribution in [1.29, 1.82) is 0 Å². The number of aryl methyl sites for hydroxylation is 1. The normalized spacial score (nSPS) is 18.2. The van der Waals surface area contributed by atoms with Gasteiger partial charge in [-0.05, 0) is 49.6 Å². The highest BCUT2D eigenvalue weighted by Crippen LogP contribution is 2.21. The van der Waals surface area contributed by atoms with Gasteiger partial charge in [0.15, 0.2) is 11.6 Å². The molecule has 8 heteroatoms. The van der Waals surface area contributed by atoms with E-state index in [1.165, 1.54) is 0 Å². The van der Waals surface area contributed by atoms with E-state index in [4.69, 9.17) is 4.74 Å². The number of hydrogen-bond acceptors (Lipinski definition) is 7. The second-order valence-electron chi connectivity index (χ2n) is 7.32. The van der Waals surface area contributed by atoms with Crippen LogP contribution in [0.2, 0.25) is 0 Å². The van der Waals surface area contributed by atoms with Crippen molar-refractivity contribution < 1.29 is 9.53 Å². The molecule has 0 aliphatic carbocycles. The van der Waals surface area contributed by atoms with Crippen LogP contribution in [0, 0.1) is 12.8 Å². The fraction of sp³-hybridized carbons (Fsp3) is 0.500. The lowest BCUT2D eigenvalue weighted by Crippen LogP contribution is -2.51. The van der Waals surface area contributed by atoms with Gasteiger partial charge >= 0.3 is 0 Å². The minimum absolute atomic E-state index is 0.126. The van der Waals surface area contributed by atoms with Gasteiger partial charge in [0, 0.05) is 51.5 Å². The topological polar surface area (TPSA) is 83.5 Å². The van der Waals surface area contributed by atoms with E-state index < -0.39 is 0 Å². The van der Waals surface area contributed by atoms with E-state index in [0.29, 0.717) is 19.0 Å². The summed E-state index contributed by atoms with van der Waals surface area (Å²) in [5, 5.41) is 11.8. The Morgan fingerprint density at radius 3 is 2.54 bits per heavy atom. The maximum Gasteiger partial charge on any atom is 0.225 e. The zero-order valence-electron chi connectivity index (χ0n) is 16.2. The summed E-state index contributed by atoms with van der Waals surface area (Å²) in [5.41, 5.74) is 1.13. The number of anilines is 3. The molecular formula is C20H26N6O2. The summed E-state index contributed by atoms with van der Waals surface area (Å²) in [6, 6.07) is 7.78. The Hall–Kier alpha value is -2.74. The molecule has 148 valence electrons. The van der Waals surface area contributed by atoms with Gasteiger partial charge in [-0.25, -0.2) is 4.98 Å². The van der Waals surface area contributed by atoms with Crippen molar-refractivity contribution in [1.82, 2.24) is 20.1 Å². The first kappa shape index (κ1) is 18.6. The monoisotopic (exact) mass is 382 g/mol. The summed E-state index contributed by atoms with van der Waals surface area (Å²) in [5.74, 6) is 2.65. The number of hydrogen-bond donors (Lipinski definition) is 1. The highest BCUT2D eigenvalue weighted by atomic mass is 16.5. The second-order valence-corrected chi connectivity index (χ2v) is 7.32. The Kier molecular flexibility index (Phi) is 5.66. The summed E-state index contributed by atoms with van der Waals surface area (Å²) in [7, 11) is 0. The Balaban J connectivity index is 1.31. The predicted octanol–water partition coefficient (Wildman–Crippen LogP) is 2.00. The van der Waals surface area contributed by atoms with Crippen LogP contribution in [0.1, 0.15) is 18.4 Å². The first-order chi connectivity index (χ1) is 13.7. The molecule has 0 saturated carbocycles. The maximum atomic E-state index is 12.6. The molecule has 4 heterocycles. The summed E-state index contributed by atoms with van der Waals surface area (Å²) in [4.78, 5) is 21.1. The molecule has 2 fully saturated rings. The average Bonchev–Trinajstić information content (AvgIpc) is 2.75. The number of pyridine rings is 1. The third-order valence-corrected chi connectivity index (χ3v) is 5.31. The second kappa shape index (κ2) is 8.52. The zero-order valence-corrected chi connectivity index (χ0v) is 16.2. The molecule has 8 nitrogen and oxygen atoms in total. The molecule has 2 saturated heterocycles. The molecule has 4 rings (SSSR count). The number of nitrogens with zero attached hydrogens (tertiary/aromatic N) is 5. The smallest absolute Gasteiger partial charge is 0.225 e. The highest BCUT2D eigenvalue weighted by Gasteiger charge is 2.29. The third-order valence-electron chi connectivity index (χ3n) is 5.31. The molecule has 2 aliphatic rings. The van der Waals surface area contributed by atoms with Crippen LogP contribution >= 0.6 is 0 Å². The quantitative estimate of drug-likeness (QED) is 0.866. The van der Waals surface area contributed by atoms with E-state index in [0.717, 1.165) is 56.2 Å². The molecule has 0 unspecified atom stereocenters. The lowest BCUT2D eigenvalue weighted by molar-refractivity contribution is -0.138. The summed E-state index contributed by atoms with van der Waals surface area (Å²) >= 11 is 0. The van der Waals surface area contributed by atoms with Crippen LogP contribution in [0.5, 0.6) is 0 Å². The number of carbonyl (C=O) groups excluding carboxylic acids is 1. The van der Waals surface area contributed by atoms with Crippen molar-refractivity contribution in [2.75, 3.05) is 49.6 Å². The molecule has 2 aromatic heterocycles. The number of nitrogens with one attached hydrogen (secondary N) is 1. The van der Waals surface area contributed by atoms with Crippen LogP contribution in [-0.4, -0.2) is 65.4 Å². The molecule has 1 amide bonds. The van der Waals surface area contributed by atoms with Crippen LogP contribution < -0.4 is 10.2 Å². The SMILES string of the molecule is Cc1ccnc(Nc2ccc(N3CCN(C(=O)C4CCOCC4)CC3)nn2)c1. The fourth-order valence-electron chi connectivity index (χ4n) is 3.65. The van der Waals surface area contributed by atoms with Crippen molar-refractivity contribution in [2.45, 2.75) is 19.8 Å². The van der Waals surface area contributed by atoms with Crippen molar-refractivity contribution in [2.24, 2.45) is 5.92 Å². The molecule has 0 spiro atoms. The van der Waals surface area contributed by atoms with Gasteiger partial charge in [-0.3, -0.25) is 4.79 Å². The van der Waals surface area contributed by atoms with Gasteiger partial charge in [0.25, 0.3) is 0 Å². The van der Waals surface area contributed by atoms with Crippen molar-refractivity contribution in [3.05, 3.63) is 36.0 Å². The van der Waals surface area contributed by atoms with Crippen LogP contribution in [0.4, 0.5) is 17.5 Å². The van der Waals surface area contributed by atoms with Gasteiger partial charge in [-0.15, -0.1) is 10.2 Å². The Bertz CT molecular complexity index is 799. The molecule has 2 aromatic rings. The molecule has 2 aliphatic heterocycles. The molecule has 0 aromatic carbocycles. The van der Waals surface area contributed by atoms with Crippen LogP contribution in [0.3, 0.4) is 0 Å². The first-order valence-corrected chi connectivity index (χ1v) is 9.84. The molecule has 0 bridgehead atoms. The van der Waals surface area contributed by atoms with Crippen LogP contribution in [0.15, 0.2) is 30.5 Å². The highest BCUT2D eigenvalue weighted by molar-refractivity contribution is 5.79. The van der Waals surface area contributed by atoms with Gasteiger partial charge in [0.2, 0.25) is 5.91 Å². The molecule has 28 heavy (non-hydrogen) atoms. The molecular weight excluding hydrogens is 356 g/mol. The first-order valence-electron chi connectivity index (χ1n) is 9.84. The van der Waals surface area contributed by atoms with Gasteiger partial charge in [-0.2, -0.15) is 0 Å². The van der Waals surface area contributed by atoms with Crippen molar-refractivity contribution >= 4 is 23.4 Å². The summed E-state index contributed by atoms with van der Waals surface area (Å²) < 4.78 is 5.36. The van der Waals surface area contributed by atoms with E-state index in [9.17, 15) is 4.79 Å². The predicted molar refractivity (Wildman–Crippen MR) is 107 cm³/mol. The van der Waals surface area contributed by atoms with E-state index in [2.05, 4.69) is 25.4 Å². The van der Waals surface area contributed by atoms with E-state index in [1.807, 2.05) is 36.1 Å². The number of rotatable bonds is 4. The number of ether oxygens (including phenoxy) is 1. The Morgan fingerprint density at radius 2 is 1.86 bits per heavy atom. The number of carbonyl (C=O) groups is 1. The van der Waals surface area contributed by atoms with Crippen LogP contribution in [0.25, 0.3) is 0 Å². The van der Waals surface area contributed by atoms with Gasteiger partial charge in [0.05, 0.1) is 0 Å². The molecule has 0 atom stereocenters. The van der Waals surface area contributed by atoms with Gasteiger partial charge < -0.3 is 19.9 Å². The van der Waals surface area contributed by atoms with Gasteiger partial charge in [-0.1, -0.05) is 0 Å². The zero-order chi connectivity index (χ0) is 19.3. The summed E-state index contributed by atoms with van der Waals surface area (Å²) in [6.45, 7) is 6.42. The Labute approximate surface area is 164 Å². The van der Waals surface area contributed by atoms with E-state index in [1.54, 1.807) is 6.20 Å². The standard InChI is InChI=1S/C20H26N6O2/c1-15-4-7-21-18(14-15)22-17-2-3-19(24-23-17)25-8-10-26(11-9-25)20(27)16-5-12-28-13-6-16/h2-4,7,14,16H,5-6,8-13H2,1H3,(H,21,22,23). The largest absolute Gasteiger partial charge is 0.381 e. The lowest BCUT2D eigenvalue weighted by atomic mass is 9.98. The van der Waals surface area contributed by atoms with Gasteiger partial charge in [0.1, 0.15) is 5.82 Å². The third kappa shape index (κ3) is 4.39. The maximum absolute atomic E-state index is 12.6. The Morgan fingerprint density at radius 1 is 1.07 bits per heavy atom. The fourth-order valence-corrected chi connectivity index (χ4v) is 3.65. The number of aromatic nitrogens is 3. The number of amides is 1. The average molecular weight is 382 g/mol. The van der Waals surface area contributed by atoms with Crippen molar-refractivity contribution in [3.8, 4) is 0 Å². The molecule has 1 N–H and O–H groups in total. The number of piperazine rings is 1. The lowest BCUT2D eigenvalue weighted by Gasteiger charge is -2.37. The molecule has 0 radical (unpaired) electrons. The van der Waals surface area contributed by atoms with Crippen LogP contribution in [-0.2, 0) is 9.53 Å². The van der Waals surface area contributed by atoms with E-state index in [-0.39, 0.29) is 11.8 Å². The minimum atomic E-state index is 0.126. The van der Waals surface area contributed by atoms with Crippen molar-refractivity contribution in [3.63, 3.8) is 0 Å². The van der Waals surface area contributed by atoms with E-state index >= 15 is 0 Å². The summed E-state index contributed by atoms with van der Waals surface area (Å²) in [6.07, 6.45) is 3.45. The minimum Gasteiger partial charge on any atom is -0.381 e.